The van der Waals surface area contributed by atoms with Crippen LogP contribution in [0.1, 0.15) is 18.4 Å². The molecule has 1 atom stereocenters. The highest BCUT2D eigenvalue weighted by Crippen LogP contribution is 2.13. The number of hydrogen-bond donors (Lipinski definition) is 2. The van der Waals surface area contributed by atoms with Gasteiger partial charge in [0.1, 0.15) is 6.04 Å². The molecule has 0 saturated carbocycles. The van der Waals surface area contributed by atoms with Crippen molar-refractivity contribution in [2.45, 2.75) is 25.8 Å². The molecule has 1 unspecified atom stereocenters. The van der Waals surface area contributed by atoms with Gasteiger partial charge in [0.25, 0.3) is 0 Å². The Morgan fingerprint density at radius 2 is 1.68 bits per heavy atom. The van der Waals surface area contributed by atoms with Crippen LogP contribution in [0, 0.1) is 6.92 Å². The van der Waals surface area contributed by atoms with E-state index in [1.807, 2.05) is 73.7 Å². The lowest BCUT2D eigenvalue weighted by molar-refractivity contribution is -0.136. The topological polar surface area (TPSA) is 95.4 Å². The summed E-state index contributed by atoms with van der Waals surface area (Å²) in [7, 11) is 0. The van der Waals surface area contributed by atoms with Crippen LogP contribution in [0.5, 0.6) is 0 Å². The van der Waals surface area contributed by atoms with E-state index < -0.39 is 24.8 Å². The van der Waals surface area contributed by atoms with Crippen LogP contribution in [0.4, 0.5) is 0 Å². The van der Waals surface area contributed by atoms with Gasteiger partial charge in [0.05, 0.1) is 0 Å². The molecule has 3 rings (SSSR count). The van der Waals surface area contributed by atoms with Gasteiger partial charge < -0.3 is 16.1 Å². The van der Waals surface area contributed by atoms with Crippen LogP contribution < -0.4 is 22.4 Å². The molecule has 0 aliphatic heterocycles. The first-order valence-electron chi connectivity index (χ1n) is 9.24. The number of amides is 1. The fraction of sp³-hybridized carbons (Fsp3) is 0.182. The second-order valence-corrected chi connectivity index (χ2v) is 6.91. The molecule has 5 nitrogen and oxygen atoms in total. The van der Waals surface area contributed by atoms with E-state index >= 15 is 0 Å². The quantitative estimate of drug-likeness (QED) is 0.611. The highest BCUT2D eigenvalue weighted by Gasteiger charge is 2.29. The van der Waals surface area contributed by atoms with E-state index in [1.54, 1.807) is 0 Å². The van der Waals surface area contributed by atoms with E-state index in [0.717, 1.165) is 27.3 Å². The highest BCUT2D eigenvalue weighted by molar-refractivity contribution is 6.83. The Morgan fingerprint density at radius 3 is 2.39 bits per heavy atom. The van der Waals surface area contributed by atoms with Crippen LogP contribution in [0.25, 0.3) is 10.8 Å². The molecule has 4 N–H and O–H groups in total. The number of primary amides is 1. The van der Waals surface area contributed by atoms with Crippen molar-refractivity contribution >= 4 is 40.5 Å². The Bertz CT molecular complexity index is 983. The standard InChI is InChI=1S/C22H23BN2O3/c1-15-9-11-17(12-10-15)23(28-22(27)20(24)13-14-21(25)26)19-8-4-6-16-5-2-3-7-18(16)19/h2-12,20H,13-14,24H2,1H3,(H2,25,26). The van der Waals surface area contributed by atoms with E-state index in [-0.39, 0.29) is 12.8 Å². The second-order valence-electron chi connectivity index (χ2n) is 6.91. The van der Waals surface area contributed by atoms with Gasteiger partial charge >= 0.3 is 12.9 Å². The Labute approximate surface area is 164 Å². The average Bonchev–Trinajstić information content (AvgIpc) is 2.70. The zero-order valence-corrected chi connectivity index (χ0v) is 15.8. The van der Waals surface area contributed by atoms with E-state index in [4.69, 9.17) is 16.1 Å². The number of rotatable bonds is 7. The van der Waals surface area contributed by atoms with Crippen molar-refractivity contribution in [3.8, 4) is 0 Å². The van der Waals surface area contributed by atoms with Crippen LogP contribution in [0.3, 0.4) is 0 Å². The van der Waals surface area contributed by atoms with Gasteiger partial charge in [-0.2, -0.15) is 0 Å². The summed E-state index contributed by atoms with van der Waals surface area (Å²) in [5.74, 6) is -1.05. The third-order valence-electron chi connectivity index (χ3n) is 4.72. The maximum Gasteiger partial charge on any atom is 0.430 e. The van der Waals surface area contributed by atoms with Crippen molar-refractivity contribution in [2.24, 2.45) is 11.5 Å². The maximum absolute atomic E-state index is 12.6. The first kappa shape index (κ1) is 19.6. The lowest BCUT2D eigenvalue weighted by Gasteiger charge is -2.19. The van der Waals surface area contributed by atoms with E-state index in [1.165, 1.54) is 0 Å². The second kappa shape index (κ2) is 8.72. The summed E-state index contributed by atoms with van der Waals surface area (Å²) in [5.41, 5.74) is 13.9. The number of aryl methyl sites for hydroxylation is 1. The maximum atomic E-state index is 12.6. The van der Waals surface area contributed by atoms with Crippen molar-refractivity contribution in [1.29, 1.82) is 0 Å². The van der Waals surface area contributed by atoms with Gasteiger partial charge in [0.15, 0.2) is 0 Å². The molecule has 28 heavy (non-hydrogen) atoms. The molecule has 3 aromatic rings. The van der Waals surface area contributed by atoms with E-state index in [0.29, 0.717) is 0 Å². The molecule has 0 bridgehead atoms. The number of fused-ring (bicyclic) bond motifs is 1. The Morgan fingerprint density at radius 1 is 1.00 bits per heavy atom. The minimum atomic E-state index is -0.907. The summed E-state index contributed by atoms with van der Waals surface area (Å²) in [5, 5.41) is 2.07. The molecule has 142 valence electrons. The molecule has 6 heteroatoms. The summed E-state index contributed by atoms with van der Waals surface area (Å²) in [4.78, 5) is 23.6. The largest absolute Gasteiger partial charge is 0.525 e. The summed E-state index contributed by atoms with van der Waals surface area (Å²) in [6.45, 7) is 1.40. The van der Waals surface area contributed by atoms with Gasteiger partial charge in [-0.3, -0.25) is 9.59 Å². The predicted molar refractivity (Wildman–Crippen MR) is 113 cm³/mol. The molecule has 0 aliphatic carbocycles. The molecular weight excluding hydrogens is 351 g/mol. The zero-order valence-electron chi connectivity index (χ0n) is 15.8. The van der Waals surface area contributed by atoms with Gasteiger partial charge in [-0.15, -0.1) is 0 Å². The summed E-state index contributed by atoms with van der Waals surface area (Å²) < 4.78 is 5.85. The Kier molecular flexibility index (Phi) is 6.11. The van der Waals surface area contributed by atoms with Crippen molar-refractivity contribution in [2.75, 3.05) is 0 Å². The van der Waals surface area contributed by atoms with Gasteiger partial charge in [0.2, 0.25) is 5.91 Å². The number of hydrogen-bond acceptors (Lipinski definition) is 4. The Balaban J connectivity index is 1.97. The van der Waals surface area contributed by atoms with Crippen LogP contribution in [0.2, 0.25) is 0 Å². The molecule has 1 amide bonds. The molecular formula is C22H23BN2O3. The van der Waals surface area contributed by atoms with Gasteiger partial charge in [-0.05, 0) is 35.0 Å². The predicted octanol–water partition coefficient (Wildman–Crippen LogP) is 1.39. The average molecular weight is 374 g/mol. The Hall–Kier alpha value is -3.12. The van der Waals surface area contributed by atoms with Crippen molar-refractivity contribution < 1.29 is 14.2 Å². The highest BCUT2D eigenvalue weighted by atomic mass is 16.5. The molecule has 0 aliphatic rings. The third-order valence-corrected chi connectivity index (χ3v) is 4.72. The fourth-order valence-electron chi connectivity index (χ4n) is 3.15. The minimum Gasteiger partial charge on any atom is -0.525 e. The zero-order chi connectivity index (χ0) is 20.1. The lowest BCUT2D eigenvalue weighted by Crippen LogP contribution is -2.49. The third kappa shape index (κ3) is 4.59. The molecule has 0 saturated heterocycles. The van der Waals surface area contributed by atoms with Gasteiger partial charge in [-0.25, -0.2) is 0 Å². The summed E-state index contributed by atoms with van der Waals surface area (Å²) in [6.07, 6.45) is 0.198. The smallest absolute Gasteiger partial charge is 0.430 e. The monoisotopic (exact) mass is 374 g/mol. The van der Waals surface area contributed by atoms with Crippen LogP contribution in [0.15, 0.2) is 66.7 Å². The summed E-state index contributed by atoms with van der Waals surface area (Å²) >= 11 is 0. The normalized spacial score (nSPS) is 11.8. The first-order chi connectivity index (χ1) is 13.5. The molecule has 0 radical (unpaired) electrons. The molecule has 0 spiro atoms. The molecule has 3 aromatic carbocycles. The minimum absolute atomic E-state index is 0.0414. The van der Waals surface area contributed by atoms with Gasteiger partial charge in [0, 0.05) is 6.42 Å². The first-order valence-corrected chi connectivity index (χ1v) is 9.24. The molecule has 0 fully saturated rings. The number of carbonyl (C=O) groups is 2. The van der Waals surface area contributed by atoms with Crippen LogP contribution in [-0.2, 0) is 14.2 Å². The molecule has 0 heterocycles. The van der Waals surface area contributed by atoms with Crippen LogP contribution in [-0.4, -0.2) is 24.8 Å². The summed E-state index contributed by atoms with van der Waals surface area (Å²) in [6, 6.07) is 20.8. The van der Waals surface area contributed by atoms with Crippen molar-refractivity contribution in [3.05, 3.63) is 72.3 Å². The number of carbonyl (C=O) groups excluding carboxylic acids is 2. The van der Waals surface area contributed by atoms with E-state index in [9.17, 15) is 9.59 Å². The van der Waals surface area contributed by atoms with Crippen molar-refractivity contribution in [1.82, 2.24) is 0 Å². The number of benzene rings is 3. The molecule has 0 aromatic heterocycles. The van der Waals surface area contributed by atoms with Crippen LogP contribution >= 0.6 is 0 Å². The SMILES string of the molecule is Cc1ccc(B(OC(=O)C(N)CCC(N)=O)c2cccc3ccccc23)cc1. The number of nitrogens with two attached hydrogens (primary N) is 2. The fourth-order valence-corrected chi connectivity index (χ4v) is 3.15. The van der Waals surface area contributed by atoms with Gasteiger partial charge in [-0.1, -0.05) is 72.3 Å². The van der Waals surface area contributed by atoms with Crippen molar-refractivity contribution in [3.63, 3.8) is 0 Å². The lowest BCUT2D eigenvalue weighted by atomic mass is 9.54. The van der Waals surface area contributed by atoms with E-state index in [2.05, 4.69) is 0 Å².